The first kappa shape index (κ1) is 27.7. The summed E-state index contributed by atoms with van der Waals surface area (Å²) < 4.78 is 25.5. The fraction of sp³-hybridized carbons (Fsp3) is 0.233. The number of rotatable bonds is 8. The van der Waals surface area contributed by atoms with Crippen LogP contribution in [-0.2, 0) is 9.53 Å². The van der Waals surface area contributed by atoms with Crippen LogP contribution < -0.4 is 24.4 Å². The molecule has 206 valence electrons. The fourth-order valence-electron chi connectivity index (χ4n) is 4.51. The molecule has 5 rings (SSSR count). The number of furan rings is 1. The maximum atomic E-state index is 13.8. The number of fused-ring (bicyclic) bond motifs is 1. The molecular weight excluding hydrogens is 596 g/mol. The van der Waals surface area contributed by atoms with Crippen LogP contribution in [0.25, 0.3) is 17.4 Å². The van der Waals surface area contributed by atoms with Crippen molar-refractivity contribution >= 4 is 39.3 Å². The van der Waals surface area contributed by atoms with Crippen molar-refractivity contribution in [1.29, 1.82) is 0 Å². The zero-order valence-electron chi connectivity index (χ0n) is 22.4. The van der Waals surface area contributed by atoms with Gasteiger partial charge < -0.3 is 18.6 Å². The maximum absolute atomic E-state index is 13.8. The van der Waals surface area contributed by atoms with Crippen LogP contribution in [0.3, 0.4) is 0 Å². The van der Waals surface area contributed by atoms with Crippen molar-refractivity contribution < 1.29 is 23.4 Å². The first-order valence-corrected chi connectivity index (χ1v) is 14.3. The van der Waals surface area contributed by atoms with Crippen LogP contribution in [0, 0.1) is 6.92 Å². The Morgan fingerprint density at radius 2 is 1.88 bits per heavy atom. The number of hydrogen-bond donors (Lipinski definition) is 0. The number of hydrogen-bond acceptors (Lipinski definition) is 8. The number of esters is 1. The van der Waals surface area contributed by atoms with Gasteiger partial charge in [0, 0.05) is 22.3 Å². The Kier molecular flexibility index (Phi) is 8.09. The minimum absolute atomic E-state index is 0.234. The fourth-order valence-corrected chi connectivity index (χ4v) is 6.15. The number of aromatic nitrogens is 1. The number of carbonyl (C=O) groups is 1. The number of nitrogens with zero attached hydrogens (tertiary/aromatic N) is 2. The van der Waals surface area contributed by atoms with Crippen LogP contribution in [0.2, 0.25) is 0 Å². The molecule has 0 fully saturated rings. The zero-order valence-corrected chi connectivity index (χ0v) is 24.8. The van der Waals surface area contributed by atoms with Crippen molar-refractivity contribution in [3.8, 4) is 22.8 Å². The van der Waals surface area contributed by atoms with Crippen LogP contribution >= 0.6 is 27.3 Å². The Hall–Kier alpha value is -3.89. The lowest BCUT2D eigenvalue weighted by atomic mass is 9.97. The van der Waals surface area contributed by atoms with E-state index in [9.17, 15) is 9.59 Å². The van der Waals surface area contributed by atoms with Gasteiger partial charge in [-0.1, -0.05) is 39.4 Å². The molecule has 1 aliphatic rings. The van der Waals surface area contributed by atoms with Gasteiger partial charge in [-0.2, -0.15) is 0 Å². The minimum Gasteiger partial charge on any atom is -0.490 e. The molecular formula is C30H27BrN2O6S. The summed E-state index contributed by atoms with van der Waals surface area (Å²) in [6, 6.07) is 14.3. The van der Waals surface area contributed by atoms with E-state index in [0.717, 1.165) is 15.6 Å². The predicted octanol–water partition coefficient (Wildman–Crippen LogP) is 5.15. The molecule has 3 heterocycles. The van der Waals surface area contributed by atoms with Gasteiger partial charge in [0.05, 0.1) is 36.5 Å². The van der Waals surface area contributed by atoms with Crippen LogP contribution in [0.4, 0.5) is 0 Å². The van der Waals surface area contributed by atoms with Gasteiger partial charge in [0.1, 0.15) is 11.5 Å². The molecule has 10 heteroatoms. The van der Waals surface area contributed by atoms with Crippen molar-refractivity contribution in [3.05, 3.63) is 101 Å². The number of thiazole rings is 1. The van der Waals surface area contributed by atoms with Gasteiger partial charge in [-0.25, -0.2) is 9.79 Å². The summed E-state index contributed by atoms with van der Waals surface area (Å²) >= 11 is 4.81. The molecule has 1 aliphatic heterocycles. The van der Waals surface area contributed by atoms with Crippen molar-refractivity contribution in [1.82, 2.24) is 4.57 Å². The van der Waals surface area contributed by atoms with Gasteiger partial charge in [0.25, 0.3) is 5.56 Å². The average Bonchev–Trinajstić information content (AvgIpc) is 3.53. The zero-order chi connectivity index (χ0) is 28.4. The second kappa shape index (κ2) is 11.7. The third-order valence-corrected chi connectivity index (χ3v) is 7.95. The van der Waals surface area contributed by atoms with Crippen molar-refractivity contribution in [3.63, 3.8) is 0 Å². The van der Waals surface area contributed by atoms with E-state index in [1.165, 1.54) is 29.2 Å². The van der Waals surface area contributed by atoms with E-state index in [4.69, 9.17) is 18.6 Å². The number of aryl methyl sites for hydroxylation is 1. The first-order valence-electron chi connectivity index (χ1n) is 12.7. The van der Waals surface area contributed by atoms with Crippen molar-refractivity contribution in [2.75, 3.05) is 20.3 Å². The Bertz CT molecular complexity index is 1800. The van der Waals surface area contributed by atoms with Gasteiger partial charge in [0.2, 0.25) is 0 Å². The molecule has 0 spiro atoms. The SMILES string of the molecule is CCOc1ccc([C@H]2C(C(=O)OC)=CN=c3s/c(=C/c4ccc(-c5ccc(C)cc5Br)o4)c(=O)n32)cc1OCC. The smallest absolute Gasteiger partial charge is 0.337 e. The summed E-state index contributed by atoms with van der Waals surface area (Å²) in [4.78, 5) is 31.5. The Labute approximate surface area is 243 Å². The van der Waals surface area contributed by atoms with Gasteiger partial charge in [0.15, 0.2) is 16.3 Å². The molecule has 4 aromatic rings. The second-order valence-electron chi connectivity index (χ2n) is 8.93. The van der Waals surface area contributed by atoms with E-state index in [1.807, 2.05) is 57.2 Å². The largest absolute Gasteiger partial charge is 0.490 e. The topological polar surface area (TPSA) is 92.3 Å². The Morgan fingerprint density at radius 3 is 2.60 bits per heavy atom. The standard InChI is InChI=1S/C30H27BrN2O6S/c1-5-37-24-11-8-18(14-25(24)38-6-2)27-21(29(35)36-4)16-32-30-33(27)28(34)26(40-30)15-19-9-12-23(39-19)20-10-7-17(3)13-22(20)31/h7-16,27H,5-6H2,1-4H3/b26-15+/t27-/m0/s1. The molecule has 1 atom stereocenters. The molecule has 0 unspecified atom stereocenters. The summed E-state index contributed by atoms with van der Waals surface area (Å²) in [7, 11) is 1.30. The molecule has 40 heavy (non-hydrogen) atoms. The summed E-state index contributed by atoms with van der Waals surface area (Å²) in [6.07, 6.45) is 3.15. The second-order valence-corrected chi connectivity index (χ2v) is 10.8. The average molecular weight is 624 g/mol. The van der Waals surface area contributed by atoms with E-state index < -0.39 is 12.0 Å². The molecule has 0 saturated heterocycles. The van der Waals surface area contributed by atoms with Gasteiger partial charge in [-0.05, 0) is 68.3 Å². The van der Waals surface area contributed by atoms with Crippen molar-refractivity contribution in [2.24, 2.45) is 4.99 Å². The highest BCUT2D eigenvalue weighted by atomic mass is 79.9. The molecule has 0 N–H and O–H groups in total. The lowest BCUT2D eigenvalue weighted by molar-refractivity contribution is -0.136. The normalized spacial score (nSPS) is 14.8. The molecule has 0 radical (unpaired) electrons. The number of carbonyl (C=O) groups excluding carboxylic acids is 1. The summed E-state index contributed by atoms with van der Waals surface area (Å²) in [5.41, 5.74) is 2.64. The third-order valence-electron chi connectivity index (χ3n) is 6.30. The molecule has 0 bridgehead atoms. The molecule has 0 aliphatic carbocycles. The lowest BCUT2D eigenvalue weighted by Gasteiger charge is -2.23. The van der Waals surface area contributed by atoms with Crippen LogP contribution in [-0.4, -0.2) is 30.9 Å². The van der Waals surface area contributed by atoms with E-state index >= 15 is 0 Å². The predicted molar refractivity (Wildman–Crippen MR) is 157 cm³/mol. The highest BCUT2D eigenvalue weighted by Crippen LogP contribution is 2.35. The molecule has 0 saturated carbocycles. The van der Waals surface area contributed by atoms with Gasteiger partial charge in [-0.15, -0.1) is 0 Å². The number of benzene rings is 2. The van der Waals surface area contributed by atoms with Crippen LogP contribution in [0.5, 0.6) is 11.5 Å². The highest BCUT2D eigenvalue weighted by Gasteiger charge is 2.31. The molecule has 8 nitrogen and oxygen atoms in total. The molecule has 2 aromatic carbocycles. The Morgan fingerprint density at radius 1 is 1.10 bits per heavy atom. The van der Waals surface area contributed by atoms with E-state index in [0.29, 0.717) is 51.1 Å². The summed E-state index contributed by atoms with van der Waals surface area (Å²) in [5, 5.41) is 0. The van der Waals surface area contributed by atoms with Crippen LogP contribution in [0.15, 0.2) is 79.0 Å². The monoisotopic (exact) mass is 622 g/mol. The lowest BCUT2D eigenvalue weighted by Crippen LogP contribution is -2.39. The highest BCUT2D eigenvalue weighted by molar-refractivity contribution is 9.10. The van der Waals surface area contributed by atoms with E-state index in [1.54, 1.807) is 18.2 Å². The first-order chi connectivity index (χ1) is 19.3. The maximum Gasteiger partial charge on any atom is 0.337 e. The summed E-state index contributed by atoms with van der Waals surface area (Å²) in [6.45, 7) is 6.68. The third kappa shape index (κ3) is 5.29. The summed E-state index contributed by atoms with van der Waals surface area (Å²) in [5.74, 6) is 1.73. The van der Waals surface area contributed by atoms with E-state index in [2.05, 4.69) is 20.9 Å². The van der Waals surface area contributed by atoms with Gasteiger partial charge in [-0.3, -0.25) is 9.36 Å². The minimum atomic E-state index is -0.767. The number of methoxy groups -OCH3 is 1. The molecule has 0 amide bonds. The van der Waals surface area contributed by atoms with Gasteiger partial charge >= 0.3 is 5.97 Å². The number of halogens is 1. The van der Waals surface area contributed by atoms with Crippen molar-refractivity contribution in [2.45, 2.75) is 26.8 Å². The number of ether oxygens (including phenoxy) is 3. The van der Waals surface area contributed by atoms with E-state index in [-0.39, 0.29) is 11.1 Å². The quantitative estimate of drug-likeness (QED) is 0.253. The Balaban J connectivity index is 1.61. The molecule has 2 aromatic heterocycles. The van der Waals surface area contributed by atoms with Crippen LogP contribution in [0.1, 0.15) is 36.8 Å².